The summed E-state index contributed by atoms with van der Waals surface area (Å²) < 4.78 is 36.9. The average molecular weight is 294 g/mol. The molecule has 1 aromatic rings. The fraction of sp³-hybridized carbons (Fsp3) is 0.111. The summed E-state index contributed by atoms with van der Waals surface area (Å²) in [6.45, 7) is 0. The lowest BCUT2D eigenvalue weighted by Gasteiger charge is -2.10. The van der Waals surface area contributed by atoms with Gasteiger partial charge in [-0.15, -0.1) is 0 Å². The second kappa shape index (κ2) is 4.14. The van der Waals surface area contributed by atoms with E-state index in [4.69, 9.17) is 10.4 Å². The summed E-state index contributed by atoms with van der Waals surface area (Å²) in [6, 6.07) is 2.71. The zero-order valence-electron chi connectivity index (χ0n) is 7.47. The Morgan fingerprint density at radius 2 is 2.00 bits per heavy atom. The van der Waals surface area contributed by atoms with Gasteiger partial charge in [0.1, 0.15) is 6.07 Å². The van der Waals surface area contributed by atoms with Crippen LogP contribution >= 0.6 is 15.9 Å². The lowest BCUT2D eigenvalue weighted by molar-refractivity contribution is -0.137. The lowest BCUT2D eigenvalue weighted by Crippen LogP contribution is -2.10. The third kappa shape index (κ3) is 2.17. The van der Waals surface area contributed by atoms with Gasteiger partial charge in [0.15, 0.2) is 0 Å². The molecule has 0 radical (unpaired) electrons. The second-order valence-corrected chi connectivity index (χ2v) is 3.56. The number of hydrogen-bond donors (Lipinski definition) is 1. The van der Waals surface area contributed by atoms with Crippen LogP contribution < -0.4 is 0 Å². The minimum atomic E-state index is -4.69. The first-order valence-corrected chi connectivity index (χ1v) is 4.61. The van der Waals surface area contributed by atoms with Crippen LogP contribution in [0.3, 0.4) is 0 Å². The molecule has 1 N–H and O–H groups in total. The van der Waals surface area contributed by atoms with E-state index in [1.807, 2.05) is 0 Å². The minimum absolute atomic E-state index is 0.364. The molecule has 0 aromatic heterocycles. The van der Waals surface area contributed by atoms with E-state index in [1.54, 1.807) is 0 Å². The van der Waals surface area contributed by atoms with Gasteiger partial charge >= 0.3 is 12.1 Å². The van der Waals surface area contributed by atoms with Gasteiger partial charge in [-0.05, 0) is 28.1 Å². The fourth-order valence-corrected chi connectivity index (χ4v) is 1.69. The van der Waals surface area contributed by atoms with E-state index < -0.39 is 23.3 Å². The number of carboxylic acids is 1. The molecule has 0 unspecified atom stereocenters. The van der Waals surface area contributed by atoms with Crippen molar-refractivity contribution in [3.8, 4) is 6.07 Å². The molecule has 0 bridgehead atoms. The number of nitriles is 1. The maximum absolute atomic E-state index is 12.4. The van der Waals surface area contributed by atoms with Gasteiger partial charge in [-0.2, -0.15) is 18.4 Å². The van der Waals surface area contributed by atoms with Crippen molar-refractivity contribution in [3.05, 3.63) is 33.3 Å². The van der Waals surface area contributed by atoms with Gasteiger partial charge in [-0.3, -0.25) is 0 Å². The lowest BCUT2D eigenvalue weighted by atomic mass is 10.0. The van der Waals surface area contributed by atoms with Gasteiger partial charge in [-0.1, -0.05) is 0 Å². The van der Waals surface area contributed by atoms with E-state index in [1.165, 1.54) is 6.07 Å². The van der Waals surface area contributed by atoms with Crippen LogP contribution in [0.1, 0.15) is 21.5 Å². The Bertz CT molecular complexity index is 491. The third-order valence-corrected chi connectivity index (χ3v) is 2.61. The Morgan fingerprint density at radius 1 is 1.44 bits per heavy atom. The number of carbonyl (C=O) groups is 1. The monoisotopic (exact) mass is 293 g/mol. The van der Waals surface area contributed by atoms with Gasteiger partial charge in [-0.25, -0.2) is 4.79 Å². The van der Waals surface area contributed by atoms with Gasteiger partial charge in [0.2, 0.25) is 0 Å². The number of carboxylic acid groups (broad SMARTS) is 1. The Morgan fingerprint density at radius 3 is 2.38 bits per heavy atom. The van der Waals surface area contributed by atoms with E-state index in [-0.39, 0.29) is 10.0 Å². The molecule has 1 rings (SSSR count). The number of rotatable bonds is 1. The molecule has 84 valence electrons. The molecule has 0 heterocycles. The molecule has 0 saturated heterocycles. The highest BCUT2D eigenvalue weighted by Crippen LogP contribution is 2.36. The number of aromatic carboxylic acids is 1. The van der Waals surface area contributed by atoms with Crippen LogP contribution in [0.25, 0.3) is 0 Å². The fourth-order valence-electron chi connectivity index (χ4n) is 1.09. The largest absolute Gasteiger partial charge is 0.478 e. The van der Waals surface area contributed by atoms with Crippen molar-refractivity contribution in [2.45, 2.75) is 6.18 Å². The molecule has 16 heavy (non-hydrogen) atoms. The summed E-state index contributed by atoms with van der Waals surface area (Å²) in [4.78, 5) is 10.6. The van der Waals surface area contributed by atoms with E-state index in [0.717, 1.165) is 6.07 Å². The maximum Gasteiger partial charge on any atom is 0.417 e. The van der Waals surface area contributed by atoms with Crippen LogP contribution in [-0.4, -0.2) is 11.1 Å². The Balaban J connectivity index is 3.56. The molecule has 0 aliphatic heterocycles. The van der Waals surface area contributed by atoms with E-state index >= 15 is 0 Å². The topological polar surface area (TPSA) is 61.1 Å². The normalized spacial score (nSPS) is 10.9. The van der Waals surface area contributed by atoms with Crippen LogP contribution in [0.5, 0.6) is 0 Å². The van der Waals surface area contributed by atoms with Crippen molar-refractivity contribution in [1.29, 1.82) is 5.26 Å². The average Bonchev–Trinajstić information content (AvgIpc) is 2.15. The van der Waals surface area contributed by atoms with Crippen molar-refractivity contribution >= 4 is 21.9 Å². The smallest absolute Gasteiger partial charge is 0.417 e. The number of nitrogens with zero attached hydrogens (tertiary/aromatic N) is 1. The summed E-state index contributed by atoms with van der Waals surface area (Å²) in [5.74, 6) is -1.41. The first-order valence-electron chi connectivity index (χ1n) is 3.82. The standard InChI is InChI=1S/C9H3BrF3NO2/c10-7-4(8(15)16)1-2-6(5(7)3-14)9(11,12)13/h1-2H,(H,15,16). The van der Waals surface area contributed by atoms with Crippen LogP contribution in [0.4, 0.5) is 13.2 Å². The first kappa shape index (κ1) is 12.5. The number of benzene rings is 1. The second-order valence-electron chi connectivity index (χ2n) is 2.76. The molecule has 0 aliphatic rings. The Kier molecular flexibility index (Phi) is 3.24. The highest BCUT2D eigenvalue weighted by Gasteiger charge is 2.35. The van der Waals surface area contributed by atoms with Crippen LogP contribution in [0.2, 0.25) is 0 Å². The number of hydrogen-bond acceptors (Lipinski definition) is 2. The molecule has 0 amide bonds. The zero-order valence-corrected chi connectivity index (χ0v) is 9.06. The molecule has 0 fully saturated rings. The van der Waals surface area contributed by atoms with E-state index in [0.29, 0.717) is 6.07 Å². The molecule has 0 spiro atoms. The van der Waals surface area contributed by atoms with Crippen molar-refractivity contribution in [3.63, 3.8) is 0 Å². The molecule has 0 aliphatic carbocycles. The molecule has 7 heteroatoms. The van der Waals surface area contributed by atoms with Gasteiger partial charge in [0, 0.05) is 0 Å². The summed E-state index contributed by atoms with van der Waals surface area (Å²) in [6.07, 6.45) is -4.69. The van der Waals surface area contributed by atoms with Crippen LogP contribution in [0, 0.1) is 11.3 Å². The summed E-state index contributed by atoms with van der Waals surface area (Å²) >= 11 is 2.68. The van der Waals surface area contributed by atoms with Crippen LogP contribution in [0.15, 0.2) is 16.6 Å². The van der Waals surface area contributed by atoms with E-state index in [2.05, 4.69) is 15.9 Å². The van der Waals surface area contributed by atoms with Crippen molar-refractivity contribution in [2.75, 3.05) is 0 Å². The van der Waals surface area contributed by atoms with Gasteiger partial charge < -0.3 is 5.11 Å². The van der Waals surface area contributed by atoms with Crippen molar-refractivity contribution in [2.24, 2.45) is 0 Å². The molecule has 3 nitrogen and oxygen atoms in total. The number of alkyl halides is 3. The highest BCUT2D eigenvalue weighted by atomic mass is 79.9. The Hall–Kier alpha value is -1.55. The molecule has 0 atom stereocenters. The quantitative estimate of drug-likeness (QED) is 0.866. The van der Waals surface area contributed by atoms with Crippen molar-refractivity contribution in [1.82, 2.24) is 0 Å². The zero-order chi connectivity index (χ0) is 12.5. The summed E-state index contributed by atoms with van der Waals surface area (Å²) in [5.41, 5.74) is -2.27. The predicted octanol–water partition coefficient (Wildman–Crippen LogP) is 3.04. The molecular weight excluding hydrogens is 291 g/mol. The summed E-state index contributed by atoms with van der Waals surface area (Å²) in [7, 11) is 0. The highest BCUT2D eigenvalue weighted by molar-refractivity contribution is 9.10. The molecule has 0 saturated carbocycles. The third-order valence-electron chi connectivity index (χ3n) is 1.79. The van der Waals surface area contributed by atoms with Gasteiger partial charge in [0.05, 0.1) is 21.2 Å². The predicted molar refractivity (Wildman–Crippen MR) is 50.8 cm³/mol. The van der Waals surface area contributed by atoms with E-state index in [9.17, 15) is 18.0 Å². The maximum atomic E-state index is 12.4. The first-order chi connectivity index (χ1) is 7.29. The SMILES string of the molecule is N#Cc1c(C(F)(F)F)ccc(C(=O)O)c1Br. The van der Waals surface area contributed by atoms with Crippen molar-refractivity contribution < 1.29 is 23.1 Å². The molecular formula is C9H3BrF3NO2. The summed E-state index contributed by atoms with van der Waals surface area (Å²) in [5, 5.41) is 17.3. The molecule has 1 aromatic carbocycles. The van der Waals surface area contributed by atoms with Crippen LogP contribution in [-0.2, 0) is 6.18 Å². The number of halogens is 4. The van der Waals surface area contributed by atoms with Gasteiger partial charge in [0.25, 0.3) is 0 Å². The minimum Gasteiger partial charge on any atom is -0.478 e. The Labute approximate surface area is 96.2 Å².